The third-order valence-electron chi connectivity index (χ3n) is 2.49. The van der Waals surface area contributed by atoms with Gasteiger partial charge in [-0.1, -0.05) is 23.4 Å². The number of nitrogens with one attached hydrogen (secondary N) is 1. The van der Waals surface area contributed by atoms with Gasteiger partial charge in [-0.25, -0.2) is 9.37 Å². The quantitative estimate of drug-likeness (QED) is 0.838. The second-order valence-electron chi connectivity index (χ2n) is 3.97. The molecule has 106 valence electrons. The minimum Gasteiger partial charge on any atom is -0.384 e. The van der Waals surface area contributed by atoms with Crippen LogP contribution in [0.5, 0.6) is 0 Å². The number of hydrogen-bond acceptors (Lipinski definition) is 3. The van der Waals surface area contributed by atoms with E-state index in [0.717, 1.165) is 6.07 Å². The Balaban J connectivity index is 2.23. The highest BCUT2D eigenvalue weighted by atomic mass is 35.5. The van der Waals surface area contributed by atoms with Gasteiger partial charge in [-0.05, 0) is 30.3 Å². The summed E-state index contributed by atoms with van der Waals surface area (Å²) in [6.07, 6.45) is 1.37. The number of nitrogens with zero attached hydrogens (tertiary/aromatic N) is 1. The predicted molar refractivity (Wildman–Crippen MR) is 77.6 cm³/mol. The zero-order valence-corrected chi connectivity index (χ0v) is 11.5. The van der Waals surface area contributed by atoms with Crippen LogP contribution in [0.2, 0.25) is 5.02 Å². The fraction of sp³-hybridized carbons (Fsp3) is 0.0667. The smallest absolute Gasteiger partial charge is 0.259 e. The molecule has 2 aromatic rings. The number of pyridine rings is 1. The van der Waals surface area contributed by atoms with Crippen molar-refractivity contribution < 1.29 is 14.3 Å². The number of rotatable bonds is 2. The Bertz CT molecular complexity index is 721. The van der Waals surface area contributed by atoms with Gasteiger partial charge in [0.1, 0.15) is 18.2 Å². The molecule has 0 aliphatic heterocycles. The molecule has 1 heterocycles. The Morgan fingerprint density at radius 1 is 1.38 bits per heavy atom. The van der Waals surface area contributed by atoms with Crippen molar-refractivity contribution in [1.82, 2.24) is 4.98 Å². The molecule has 0 spiro atoms. The van der Waals surface area contributed by atoms with E-state index in [1.165, 1.54) is 24.4 Å². The van der Waals surface area contributed by atoms with Crippen molar-refractivity contribution in [3.05, 3.63) is 58.5 Å². The number of halogens is 2. The molecular weight excluding hydrogens is 295 g/mol. The summed E-state index contributed by atoms with van der Waals surface area (Å²) in [7, 11) is 0. The van der Waals surface area contributed by atoms with Gasteiger partial charge in [-0.2, -0.15) is 0 Å². The number of carbonyl (C=O) groups excluding carboxylic acids is 1. The van der Waals surface area contributed by atoms with E-state index in [9.17, 15) is 9.18 Å². The Kier molecular flexibility index (Phi) is 4.88. The minimum absolute atomic E-state index is 0.156. The van der Waals surface area contributed by atoms with Gasteiger partial charge in [-0.15, -0.1) is 0 Å². The Labute approximate surface area is 125 Å². The standard InChI is InChI=1S/C15H10ClFN2O2/c16-11-4-6-14(18-9-11)19-15(21)12-8-10(2-1-7-20)3-5-13(12)17/h3-6,8-9,20H,7H2,(H,18,19,21). The van der Waals surface area contributed by atoms with Crippen LogP contribution in [-0.2, 0) is 0 Å². The van der Waals surface area contributed by atoms with Crippen molar-refractivity contribution in [3.8, 4) is 11.8 Å². The summed E-state index contributed by atoms with van der Waals surface area (Å²) in [5.41, 5.74) is 0.274. The Hall–Kier alpha value is -2.42. The zero-order valence-electron chi connectivity index (χ0n) is 10.7. The average molecular weight is 305 g/mol. The molecule has 2 N–H and O–H groups in total. The van der Waals surface area contributed by atoms with Crippen LogP contribution in [0.3, 0.4) is 0 Å². The lowest BCUT2D eigenvalue weighted by Crippen LogP contribution is -2.14. The van der Waals surface area contributed by atoms with E-state index in [0.29, 0.717) is 10.6 Å². The second kappa shape index (κ2) is 6.84. The van der Waals surface area contributed by atoms with Crippen LogP contribution >= 0.6 is 11.6 Å². The normalized spacial score (nSPS) is 9.67. The molecule has 0 fully saturated rings. The number of aromatic nitrogens is 1. The van der Waals surface area contributed by atoms with Gasteiger partial charge in [0.05, 0.1) is 10.6 Å². The molecule has 6 heteroatoms. The number of hydrogen-bond donors (Lipinski definition) is 2. The highest BCUT2D eigenvalue weighted by molar-refractivity contribution is 6.30. The Morgan fingerprint density at radius 2 is 2.19 bits per heavy atom. The fourth-order valence-corrected chi connectivity index (χ4v) is 1.66. The van der Waals surface area contributed by atoms with Gasteiger partial charge >= 0.3 is 0 Å². The first kappa shape index (κ1) is 15.0. The average Bonchev–Trinajstić information content (AvgIpc) is 2.48. The number of aliphatic hydroxyl groups is 1. The van der Waals surface area contributed by atoms with E-state index in [2.05, 4.69) is 22.1 Å². The summed E-state index contributed by atoms with van der Waals surface area (Å²) in [5.74, 6) is 3.98. The van der Waals surface area contributed by atoms with Crippen LogP contribution in [0, 0.1) is 17.7 Å². The first-order valence-corrected chi connectivity index (χ1v) is 6.30. The van der Waals surface area contributed by atoms with Crippen LogP contribution < -0.4 is 5.32 Å². The van der Waals surface area contributed by atoms with Gasteiger partial charge in [0, 0.05) is 11.8 Å². The maximum absolute atomic E-state index is 13.7. The van der Waals surface area contributed by atoms with E-state index in [-0.39, 0.29) is 18.0 Å². The maximum atomic E-state index is 13.7. The summed E-state index contributed by atoms with van der Waals surface area (Å²) in [4.78, 5) is 15.9. The Morgan fingerprint density at radius 3 is 2.86 bits per heavy atom. The van der Waals surface area contributed by atoms with Crippen molar-refractivity contribution in [2.45, 2.75) is 0 Å². The number of amides is 1. The third-order valence-corrected chi connectivity index (χ3v) is 2.72. The monoisotopic (exact) mass is 304 g/mol. The van der Waals surface area contributed by atoms with Gasteiger partial charge in [0.25, 0.3) is 5.91 Å². The molecule has 0 unspecified atom stereocenters. The summed E-state index contributed by atoms with van der Waals surface area (Å²) in [6, 6.07) is 6.95. The van der Waals surface area contributed by atoms with Crippen molar-refractivity contribution in [1.29, 1.82) is 0 Å². The third kappa shape index (κ3) is 4.02. The first-order valence-electron chi connectivity index (χ1n) is 5.92. The molecule has 1 aromatic heterocycles. The number of aliphatic hydroxyl groups excluding tert-OH is 1. The topological polar surface area (TPSA) is 62.2 Å². The van der Waals surface area contributed by atoms with Gasteiger partial charge < -0.3 is 10.4 Å². The van der Waals surface area contributed by atoms with Crippen LogP contribution in [0.1, 0.15) is 15.9 Å². The summed E-state index contributed by atoms with van der Waals surface area (Å²) in [6.45, 7) is -0.312. The molecule has 0 radical (unpaired) electrons. The molecule has 2 rings (SSSR count). The molecule has 1 aromatic carbocycles. The summed E-state index contributed by atoms with van der Waals surface area (Å²) in [5, 5.41) is 11.5. The minimum atomic E-state index is -0.670. The lowest BCUT2D eigenvalue weighted by Gasteiger charge is -2.06. The van der Waals surface area contributed by atoms with Crippen LogP contribution in [0.15, 0.2) is 36.5 Å². The molecular formula is C15H10ClFN2O2. The predicted octanol–water partition coefficient (Wildman–Crippen LogP) is 2.47. The van der Waals surface area contributed by atoms with E-state index in [1.54, 1.807) is 6.07 Å². The molecule has 0 saturated carbocycles. The number of anilines is 1. The van der Waals surface area contributed by atoms with E-state index in [1.807, 2.05) is 0 Å². The molecule has 4 nitrogen and oxygen atoms in total. The van der Waals surface area contributed by atoms with Crippen molar-refractivity contribution in [3.63, 3.8) is 0 Å². The molecule has 1 amide bonds. The summed E-state index contributed by atoms with van der Waals surface area (Å²) >= 11 is 5.69. The molecule has 0 atom stereocenters. The van der Waals surface area contributed by atoms with E-state index >= 15 is 0 Å². The summed E-state index contributed by atoms with van der Waals surface area (Å²) < 4.78 is 13.7. The lowest BCUT2D eigenvalue weighted by molar-refractivity contribution is 0.102. The zero-order chi connectivity index (χ0) is 15.2. The molecule has 21 heavy (non-hydrogen) atoms. The van der Waals surface area contributed by atoms with Crippen molar-refractivity contribution >= 4 is 23.3 Å². The highest BCUT2D eigenvalue weighted by Crippen LogP contribution is 2.14. The van der Waals surface area contributed by atoms with Crippen molar-refractivity contribution in [2.24, 2.45) is 0 Å². The highest BCUT2D eigenvalue weighted by Gasteiger charge is 2.13. The van der Waals surface area contributed by atoms with Crippen LogP contribution in [0.25, 0.3) is 0 Å². The largest absolute Gasteiger partial charge is 0.384 e. The van der Waals surface area contributed by atoms with Gasteiger partial charge in [0.15, 0.2) is 0 Å². The SMILES string of the molecule is O=C(Nc1ccc(Cl)cn1)c1cc(C#CCO)ccc1F. The van der Waals surface area contributed by atoms with Gasteiger partial charge in [-0.3, -0.25) is 4.79 Å². The molecule has 0 aliphatic carbocycles. The number of carbonyl (C=O) groups is 1. The van der Waals surface area contributed by atoms with Crippen molar-refractivity contribution in [2.75, 3.05) is 11.9 Å². The lowest BCUT2D eigenvalue weighted by atomic mass is 10.1. The first-order chi connectivity index (χ1) is 10.1. The molecule has 0 aliphatic rings. The molecule has 0 bridgehead atoms. The van der Waals surface area contributed by atoms with Gasteiger partial charge in [0.2, 0.25) is 0 Å². The van der Waals surface area contributed by atoms with Crippen LogP contribution in [0.4, 0.5) is 10.2 Å². The number of benzene rings is 1. The second-order valence-corrected chi connectivity index (χ2v) is 4.41. The fourth-order valence-electron chi connectivity index (χ4n) is 1.55. The van der Waals surface area contributed by atoms with E-state index in [4.69, 9.17) is 16.7 Å². The van der Waals surface area contributed by atoms with E-state index < -0.39 is 11.7 Å². The molecule has 0 saturated heterocycles. The van der Waals surface area contributed by atoms with Crippen LogP contribution in [-0.4, -0.2) is 22.6 Å². The maximum Gasteiger partial charge on any atom is 0.259 e.